The average Bonchev–Trinajstić information content (AvgIpc) is 2.76. The molecule has 0 saturated carbocycles. The quantitative estimate of drug-likeness (QED) is 0.810. The number of piperidine rings is 1. The molecular formula is C11H17N3O2S. The first-order chi connectivity index (χ1) is 8.02. The largest absolute Gasteiger partial charge is 0.390 e. The van der Waals surface area contributed by atoms with E-state index in [9.17, 15) is 9.90 Å². The number of likely N-dealkylation sites (tertiary alicyclic amines) is 1. The minimum atomic E-state index is -0.638. The van der Waals surface area contributed by atoms with Crippen molar-refractivity contribution in [2.45, 2.75) is 31.9 Å². The van der Waals surface area contributed by atoms with Gasteiger partial charge in [-0.2, -0.15) is 0 Å². The summed E-state index contributed by atoms with van der Waals surface area (Å²) in [7, 11) is 0. The van der Waals surface area contributed by atoms with Crippen LogP contribution in [0.3, 0.4) is 0 Å². The highest BCUT2D eigenvalue weighted by Crippen LogP contribution is 2.22. The van der Waals surface area contributed by atoms with Gasteiger partial charge in [0.05, 0.1) is 5.60 Å². The van der Waals surface area contributed by atoms with E-state index in [1.165, 1.54) is 11.3 Å². The van der Waals surface area contributed by atoms with E-state index in [4.69, 9.17) is 5.73 Å². The maximum absolute atomic E-state index is 12.1. The lowest BCUT2D eigenvalue weighted by atomic mass is 9.94. The van der Waals surface area contributed by atoms with Crippen molar-refractivity contribution in [2.75, 3.05) is 13.1 Å². The van der Waals surface area contributed by atoms with E-state index in [1.54, 1.807) is 10.3 Å². The zero-order valence-corrected chi connectivity index (χ0v) is 10.7. The number of amides is 1. The molecule has 6 heteroatoms. The number of rotatable bonds is 2. The molecule has 1 aliphatic heterocycles. The van der Waals surface area contributed by atoms with Gasteiger partial charge < -0.3 is 15.7 Å². The molecule has 0 aliphatic carbocycles. The third kappa shape index (κ3) is 2.83. The SMILES string of the molecule is CC1(O)CCN(C(=O)c2csc(CN)n2)CC1. The molecule has 1 amide bonds. The summed E-state index contributed by atoms with van der Waals surface area (Å²) in [6.07, 6.45) is 1.24. The standard InChI is InChI=1S/C11H17N3O2S/c1-11(16)2-4-14(5-3-11)10(15)8-7-17-9(6-12)13-8/h7,16H,2-6,12H2,1H3. The van der Waals surface area contributed by atoms with Crippen molar-refractivity contribution in [3.63, 3.8) is 0 Å². The number of carbonyl (C=O) groups excluding carboxylic acids is 1. The maximum atomic E-state index is 12.1. The molecule has 1 aliphatic rings. The molecule has 1 aromatic rings. The Morgan fingerprint density at radius 1 is 1.65 bits per heavy atom. The molecule has 1 saturated heterocycles. The van der Waals surface area contributed by atoms with Crippen molar-refractivity contribution < 1.29 is 9.90 Å². The summed E-state index contributed by atoms with van der Waals surface area (Å²) in [6.45, 7) is 3.35. The molecule has 1 fully saturated rings. The second kappa shape index (κ2) is 4.72. The molecule has 0 radical (unpaired) electrons. The number of hydrogen-bond acceptors (Lipinski definition) is 5. The van der Waals surface area contributed by atoms with Crippen LogP contribution in [0.25, 0.3) is 0 Å². The van der Waals surface area contributed by atoms with Crippen molar-refractivity contribution in [1.29, 1.82) is 0 Å². The summed E-state index contributed by atoms with van der Waals surface area (Å²) in [5.41, 5.74) is 5.30. The zero-order valence-electron chi connectivity index (χ0n) is 9.85. The van der Waals surface area contributed by atoms with E-state index in [0.717, 1.165) is 5.01 Å². The van der Waals surface area contributed by atoms with Crippen LogP contribution >= 0.6 is 11.3 Å². The molecule has 5 nitrogen and oxygen atoms in total. The van der Waals surface area contributed by atoms with Crippen LogP contribution in [0.2, 0.25) is 0 Å². The number of carbonyl (C=O) groups is 1. The van der Waals surface area contributed by atoms with Crippen LogP contribution in [0.4, 0.5) is 0 Å². The van der Waals surface area contributed by atoms with E-state index in [0.29, 0.717) is 38.2 Å². The number of aromatic nitrogens is 1. The Morgan fingerprint density at radius 2 is 2.29 bits per heavy atom. The van der Waals surface area contributed by atoms with Gasteiger partial charge in [-0.25, -0.2) is 4.98 Å². The maximum Gasteiger partial charge on any atom is 0.273 e. The van der Waals surface area contributed by atoms with Gasteiger partial charge in [-0.1, -0.05) is 0 Å². The summed E-state index contributed by atoms with van der Waals surface area (Å²) >= 11 is 1.41. The van der Waals surface area contributed by atoms with Gasteiger partial charge in [0.2, 0.25) is 0 Å². The van der Waals surface area contributed by atoms with Gasteiger partial charge in [0.25, 0.3) is 5.91 Å². The lowest BCUT2D eigenvalue weighted by molar-refractivity contribution is -0.00217. The summed E-state index contributed by atoms with van der Waals surface area (Å²) in [6, 6.07) is 0. The van der Waals surface area contributed by atoms with Crippen LogP contribution in [0.5, 0.6) is 0 Å². The first-order valence-corrected chi connectivity index (χ1v) is 6.56. The Balaban J connectivity index is 2.01. The molecule has 1 aromatic heterocycles. The van der Waals surface area contributed by atoms with Gasteiger partial charge in [-0.3, -0.25) is 4.79 Å². The third-order valence-electron chi connectivity index (χ3n) is 3.07. The first-order valence-electron chi connectivity index (χ1n) is 5.68. The molecule has 3 N–H and O–H groups in total. The van der Waals surface area contributed by atoms with Crippen LogP contribution in [-0.2, 0) is 6.54 Å². The zero-order chi connectivity index (χ0) is 12.5. The van der Waals surface area contributed by atoms with E-state index in [-0.39, 0.29) is 5.91 Å². The number of hydrogen-bond donors (Lipinski definition) is 2. The minimum Gasteiger partial charge on any atom is -0.390 e. The Labute approximate surface area is 104 Å². The second-order valence-electron chi connectivity index (χ2n) is 4.62. The highest BCUT2D eigenvalue weighted by molar-refractivity contribution is 7.09. The number of nitrogens with two attached hydrogens (primary N) is 1. The molecule has 0 atom stereocenters. The van der Waals surface area contributed by atoms with Crippen LogP contribution in [0.15, 0.2) is 5.38 Å². The van der Waals surface area contributed by atoms with Crippen molar-refractivity contribution in [3.8, 4) is 0 Å². The Kier molecular flexibility index (Phi) is 3.46. The van der Waals surface area contributed by atoms with Gasteiger partial charge in [-0.15, -0.1) is 11.3 Å². The highest BCUT2D eigenvalue weighted by atomic mass is 32.1. The van der Waals surface area contributed by atoms with Crippen LogP contribution in [0.1, 0.15) is 35.3 Å². The van der Waals surface area contributed by atoms with Crippen molar-refractivity contribution in [1.82, 2.24) is 9.88 Å². The summed E-state index contributed by atoms with van der Waals surface area (Å²) in [4.78, 5) is 18.0. The van der Waals surface area contributed by atoms with E-state index < -0.39 is 5.60 Å². The predicted octanol–water partition coefficient (Wildman–Crippen LogP) is 0.589. The molecule has 0 aromatic carbocycles. The minimum absolute atomic E-state index is 0.0588. The van der Waals surface area contributed by atoms with Crippen LogP contribution in [-0.4, -0.2) is 39.6 Å². The molecular weight excluding hydrogens is 238 g/mol. The van der Waals surface area contributed by atoms with Gasteiger partial charge in [-0.05, 0) is 19.8 Å². The Morgan fingerprint density at radius 3 is 2.82 bits per heavy atom. The van der Waals surface area contributed by atoms with Crippen LogP contribution in [0, 0.1) is 0 Å². The Bertz CT molecular complexity index is 407. The van der Waals surface area contributed by atoms with Gasteiger partial charge in [0.15, 0.2) is 0 Å². The first kappa shape index (κ1) is 12.5. The second-order valence-corrected chi connectivity index (χ2v) is 5.56. The molecule has 94 valence electrons. The number of nitrogens with zero attached hydrogens (tertiary/aromatic N) is 2. The number of aliphatic hydroxyl groups is 1. The van der Waals surface area contributed by atoms with E-state index in [2.05, 4.69) is 4.98 Å². The smallest absolute Gasteiger partial charge is 0.273 e. The molecule has 0 spiro atoms. The summed E-state index contributed by atoms with van der Waals surface area (Å²) < 4.78 is 0. The summed E-state index contributed by atoms with van der Waals surface area (Å²) in [5.74, 6) is -0.0588. The highest BCUT2D eigenvalue weighted by Gasteiger charge is 2.30. The lowest BCUT2D eigenvalue weighted by Gasteiger charge is -2.35. The van der Waals surface area contributed by atoms with Gasteiger partial charge >= 0.3 is 0 Å². The molecule has 17 heavy (non-hydrogen) atoms. The lowest BCUT2D eigenvalue weighted by Crippen LogP contribution is -2.45. The molecule has 0 bridgehead atoms. The normalized spacial score (nSPS) is 19.4. The van der Waals surface area contributed by atoms with Gasteiger partial charge in [0.1, 0.15) is 10.7 Å². The van der Waals surface area contributed by atoms with Crippen molar-refractivity contribution >= 4 is 17.2 Å². The van der Waals surface area contributed by atoms with E-state index >= 15 is 0 Å². The topological polar surface area (TPSA) is 79.5 Å². The van der Waals surface area contributed by atoms with Gasteiger partial charge in [0, 0.05) is 25.0 Å². The summed E-state index contributed by atoms with van der Waals surface area (Å²) in [5, 5.41) is 12.3. The third-order valence-corrected chi connectivity index (χ3v) is 3.94. The average molecular weight is 255 g/mol. The van der Waals surface area contributed by atoms with Crippen LogP contribution < -0.4 is 5.73 Å². The Hall–Kier alpha value is -0.980. The fraction of sp³-hybridized carbons (Fsp3) is 0.636. The van der Waals surface area contributed by atoms with Crippen molar-refractivity contribution in [3.05, 3.63) is 16.1 Å². The fourth-order valence-corrected chi connectivity index (χ4v) is 2.50. The predicted molar refractivity (Wildman–Crippen MR) is 65.8 cm³/mol. The van der Waals surface area contributed by atoms with Crippen molar-refractivity contribution in [2.24, 2.45) is 5.73 Å². The fourth-order valence-electron chi connectivity index (χ4n) is 1.86. The molecule has 0 unspecified atom stereocenters. The number of thiazole rings is 1. The molecule has 2 rings (SSSR count). The monoisotopic (exact) mass is 255 g/mol. The molecule has 2 heterocycles. The van der Waals surface area contributed by atoms with E-state index in [1.807, 2.05) is 6.92 Å².